The van der Waals surface area contributed by atoms with Gasteiger partial charge in [-0.05, 0) is 24.6 Å². The van der Waals surface area contributed by atoms with E-state index in [1.54, 1.807) is 0 Å². The summed E-state index contributed by atoms with van der Waals surface area (Å²) in [6.45, 7) is 1.94. The van der Waals surface area contributed by atoms with E-state index in [2.05, 4.69) is 10.6 Å². The first-order valence-corrected chi connectivity index (χ1v) is 6.85. The molecular formula is C14H16ClN3O3. The van der Waals surface area contributed by atoms with Crippen LogP contribution in [0.2, 0.25) is 5.02 Å². The Kier molecular flexibility index (Phi) is 6.50. The molecule has 0 spiro atoms. The molecule has 0 aromatic heterocycles. The van der Waals surface area contributed by atoms with E-state index < -0.39 is 18.0 Å². The van der Waals surface area contributed by atoms with Crippen molar-refractivity contribution in [2.24, 2.45) is 0 Å². The lowest BCUT2D eigenvalue weighted by Gasteiger charge is -2.15. The highest BCUT2D eigenvalue weighted by molar-refractivity contribution is 6.33. The summed E-state index contributed by atoms with van der Waals surface area (Å²) >= 11 is 5.93. The predicted octanol–water partition coefficient (Wildman–Crippen LogP) is 2.98. The molecule has 2 amide bonds. The van der Waals surface area contributed by atoms with Crippen LogP contribution in [-0.2, 0) is 4.79 Å². The van der Waals surface area contributed by atoms with E-state index in [1.165, 1.54) is 18.2 Å². The second-order valence-corrected chi connectivity index (χ2v) is 4.85. The Morgan fingerprint density at radius 3 is 2.71 bits per heavy atom. The molecule has 1 atom stereocenters. The molecule has 0 aliphatic rings. The van der Waals surface area contributed by atoms with Crippen molar-refractivity contribution in [3.8, 4) is 6.07 Å². The molecule has 3 N–H and O–H groups in total. The van der Waals surface area contributed by atoms with Gasteiger partial charge in [-0.3, -0.25) is 0 Å². The molecule has 112 valence electrons. The van der Waals surface area contributed by atoms with Crippen molar-refractivity contribution >= 4 is 29.3 Å². The minimum atomic E-state index is -1.08. The zero-order valence-corrected chi connectivity index (χ0v) is 12.3. The number of nitriles is 1. The number of nitrogens with zero attached hydrogens (tertiary/aromatic N) is 1. The number of anilines is 1. The Balaban J connectivity index is 2.68. The Morgan fingerprint density at radius 1 is 1.48 bits per heavy atom. The second-order valence-electron chi connectivity index (χ2n) is 4.44. The summed E-state index contributed by atoms with van der Waals surface area (Å²) in [5, 5.41) is 22.8. The number of nitrogens with one attached hydrogen (secondary N) is 2. The molecule has 0 unspecified atom stereocenters. The van der Waals surface area contributed by atoms with Crippen LogP contribution in [-0.4, -0.2) is 23.1 Å². The normalized spacial score (nSPS) is 11.3. The number of carboxylic acids is 1. The third-order valence-corrected chi connectivity index (χ3v) is 3.11. The number of carbonyl (C=O) groups is 2. The van der Waals surface area contributed by atoms with E-state index >= 15 is 0 Å². The molecule has 0 heterocycles. The van der Waals surface area contributed by atoms with Crippen molar-refractivity contribution in [2.75, 3.05) is 5.32 Å². The molecule has 1 rings (SSSR count). The minimum Gasteiger partial charge on any atom is -0.480 e. The van der Waals surface area contributed by atoms with Gasteiger partial charge in [0.2, 0.25) is 0 Å². The van der Waals surface area contributed by atoms with E-state index in [-0.39, 0.29) is 5.02 Å². The van der Waals surface area contributed by atoms with Crippen molar-refractivity contribution in [3.63, 3.8) is 0 Å². The fraction of sp³-hybridized carbons (Fsp3) is 0.357. The maximum absolute atomic E-state index is 11.8. The van der Waals surface area contributed by atoms with Crippen LogP contribution in [0.5, 0.6) is 0 Å². The Bertz CT molecular complexity index is 569. The van der Waals surface area contributed by atoms with Crippen LogP contribution in [0.3, 0.4) is 0 Å². The average Bonchev–Trinajstić information content (AvgIpc) is 2.45. The highest BCUT2D eigenvalue weighted by Crippen LogP contribution is 2.22. The molecule has 0 bridgehead atoms. The topological polar surface area (TPSA) is 102 Å². The highest BCUT2D eigenvalue weighted by Gasteiger charge is 2.19. The third-order valence-electron chi connectivity index (χ3n) is 2.80. The zero-order chi connectivity index (χ0) is 15.8. The Labute approximate surface area is 127 Å². The number of amides is 2. The monoisotopic (exact) mass is 309 g/mol. The quantitative estimate of drug-likeness (QED) is 0.751. The van der Waals surface area contributed by atoms with Gasteiger partial charge in [-0.1, -0.05) is 31.4 Å². The molecule has 1 aromatic carbocycles. The van der Waals surface area contributed by atoms with Gasteiger partial charge in [0.05, 0.1) is 22.3 Å². The number of urea groups is 1. The van der Waals surface area contributed by atoms with Crippen LogP contribution >= 0.6 is 11.6 Å². The van der Waals surface area contributed by atoms with Crippen molar-refractivity contribution in [1.29, 1.82) is 5.26 Å². The van der Waals surface area contributed by atoms with Crippen LogP contribution in [0.1, 0.15) is 31.7 Å². The molecule has 0 radical (unpaired) electrons. The number of carbonyl (C=O) groups excluding carboxylic acids is 1. The number of hydrogen-bond acceptors (Lipinski definition) is 3. The molecule has 1 aromatic rings. The first kappa shape index (κ1) is 16.8. The first-order chi connectivity index (χ1) is 9.97. The number of rotatable bonds is 6. The second kappa shape index (κ2) is 8.12. The number of carboxylic acid groups (broad SMARTS) is 1. The standard InChI is InChI=1S/C14H16ClN3O3/c1-2-3-4-12(13(19)20)18-14(21)17-11-6-5-9(8-16)7-10(11)15/h5-7,12H,2-4H2,1H3,(H,19,20)(H2,17,18,21)/t12-/m0/s1. The summed E-state index contributed by atoms with van der Waals surface area (Å²) in [4.78, 5) is 22.8. The van der Waals surface area contributed by atoms with Gasteiger partial charge in [0.1, 0.15) is 6.04 Å². The van der Waals surface area contributed by atoms with Crippen LogP contribution in [0, 0.1) is 11.3 Å². The van der Waals surface area contributed by atoms with Gasteiger partial charge in [-0.2, -0.15) is 5.26 Å². The zero-order valence-electron chi connectivity index (χ0n) is 11.5. The summed E-state index contributed by atoms with van der Waals surface area (Å²) in [5.41, 5.74) is 0.685. The lowest BCUT2D eigenvalue weighted by atomic mass is 10.1. The van der Waals surface area contributed by atoms with E-state index in [4.69, 9.17) is 22.0 Å². The lowest BCUT2D eigenvalue weighted by Crippen LogP contribution is -2.43. The van der Waals surface area contributed by atoms with Gasteiger partial charge in [0, 0.05) is 0 Å². The van der Waals surface area contributed by atoms with Gasteiger partial charge in [0.15, 0.2) is 0 Å². The SMILES string of the molecule is CCCC[C@H](NC(=O)Nc1ccc(C#N)cc1Cl)C(=O)O. The van der Waals surface area contributed by atoms with E-state index in [1.807, 2.05) is 13.0 Å². The number of aliphatic carboxylic acids is 1. The first-order valence-electron chi connectivity index (χ1n) is 6.48. The maximum Gasteiger partial charge on any atom is 0.326 e. The van der Waals surface area contributed by atoms with Gasteiger partial charge in [-0.25, -0.2) is 9.59 Å². The van der Waals surface area contributed by atoms with Gasteiger partial charge < -0.3 is 15.7 Å². The van der Waals surface area contributed by atoms with Gasteiger partial charge >= 0.3 is 12.0 Å². The molecule has 0 fully saturated rings. The van der Waals surface area contributed by atoms with Crippen LogP contribution in [0.4, 0.5) is 10.5 Å². The molecule has 7 heteroatoms. The molecule has 21 heavy (non-hydrogen) atoms. The van der Waals surface area contributed by atoms with E-state index in [9.17, 15) is 9.59 Å². The number of halogens is 1. The van der Waals surface area contributed by atoms with Crippen molar-refractivity contribution in [2.45, 2.75) is 32.2 Å². The fourth-order valence-electron chi connectivity index (χ4n) is 1.67. The van der Waals surface area contributed by atoms with Crippen LogP contribution in [0.25, 0.3) is 0 Å². The number of benzene rings is 1. The fourth-order valence-corrected chi connectivity index (χ4v) is 1.90. The summed E-state index contributed by atoms with van der Waals surface area (Å²) in [7, 11) is 0. The number of hydrogen-bond donors (Lipinski definition) is 3. The van der Waals surface area contributed by atoms with Gasteiger partial charge in [-0.15, -0.1) is 0 Å². The van der Waals surface area contributed by atoms with Crippen molar-refractivity contribution < 1.29 is 14.7 Å². The van der Waals surface area contributed by atoms with Gasteiger partial charge in [0.25, 0.3) is 0 Å². The molecule has 0 aliphatic heterocycles. The van der Waals surface area contributed by atoms with Crippen molar-refractivity contribution in [1.82, 2.24) is 5.32 Å². The van der Waals surface area contributed by atoms with Crippen LogP contribution < -0.4 is 10.6 Å². The molecular weight excluding hydrogens is 294 g/mol. The minimum absolute atomic E-state index is 0.213. The Hall–Kier alpha value is -2.26. The summed E-state index contributed by atoms with van der Waals surface area (Å²) in [5.74, 6) is -1.08. The van der Waals surface area contributed by atoms with Crippen molar-refractivity contribution in [3.05, 3.63) is 28.8 Å². The molecule has 6 nitrogen and oxygen atoms in total. The van der Waals surface area contributed by atoms with E-state index in [0.717, 1.165) is 6.42 Å². The molecule has 0 saturated heterocycles. The lowest BCUT2D eigenvalue weighted by molar-refractivity contribution is -0.139. The Morgan fingerprint density at radius 2 is 2.19 bits per heavy atom. The average molecular weight is 310 g/mol. The van der Waals surface area contributed by atoms with Crippen LogP contribution in [0.15, 0.2) is 18.2 Å². The molecule has 0 saturated carbocycles. The highest BCUT2D eigenvalue weighted by atomic mass is 35.5. The maximum atomic E-state index is 11.8. The molecule has 0 aliphatic carbocycles. The predicted molar refractivity (Wildman–Crippen MR) is 79.3 cm³/mol. The smallest absolute Gasteiger partial charge is 0.326 e. The number of unbranched alkanes of at least 4 members (excludes halogenated alkanes) is 1. The largest absolute Gasteiger partial charge is 0.480 e. The summed E-state index contributed by atoms with van der Waals surface area (Å²) in [6.07, 6.45) is 1.91. The summed E-state index contributed by atoms with van der Waals surface area (Å²) < 4.78 is 0. The third kappa shape index (κ3) is 5.32. The van der Waals surface area contributed by atoms with E-state index in [0.29, 0.717) is 24.1 Å². The summed E-state index contributed by atoms with van der Waals surface area (Å²) in [6, 6.07) is 4.75.